The molecule has 170 valence electrons. The molecule has 3 aromatic rings. The van der Waals surface area contributed by atoms with Crippen LogP contribution in [0, 0.1) is 0 Å². The minimum absolute atomic E-state index is 0.0258. The van der Waals surface area contributed by atoms with Crippen LogP contribution >= 0.6 is 0 Å². The largest absolute Gasteiger partial charge is 0.493 e. The molecule has 0 radical (unpaired) electrons. The summed E-state index contributed by atoms with van der Waals surface area (Å²) in [4.78, 5) is 7.48. The number of aliphatic hydroxyl groups is 1. The molecular weight excluding hydrogens is 402 g/mol. The summed E-state index contributed by atoms with van der Waals surface area (Å²) in [5.41, 5.74) is 3.40. The minimum atomic E-state index is -0.0258. The van der Waals surface area contributed by atoms with Crippen LogP contribution in [0.4, 0.5) is 5.82 Å². The van der Waals surface area contributed by atoms with E-state index in [9.17, 15) is 0 Å². The topological polar surface area (TPSA) is 66.9 Å². The Morgan fingerprint density at radius 3 is 2.66 bits per heavy atom. The zero-order valence-corrected chi connectivity index (χ0v) is 19.0. The average Bonchev–Trinajstić information content (AvgIpc) is 2.85. The molecule has 6 nitrogen and oxygen atoms in total. The molecule has 0 saturated carbocycles. The lowest BCUT2D eigenvalue weighted by atomic mass is 10.1. The van der Waals surface area contributed by atoms with Crippen LogP contribution in [0.5, 0.6) is 11.5 Å². The molecule has 1 aliphatic heterocycles. The smallest absolute Gasteiger partial charge is 0.161 e. The van der Waals surface area contributed by atoms with Gasteiger partial charge in [0, 0.05) is 36.6 Å². The zero-order valence-electron chi connectivity index (χ0n) is 19.0. The number of para-hydroxylation sites is 1. The fourth-order valence-corrected chi connectivity index (χ4v) is 4.27. The lowest BCUT2D eigenvalue weighted by molar-refractivity contribution is 0.196. The number of hydrogen-bond donors (Lipinski definition) is 2. The van der Waals surface area contributed by atoms with Crippen molar-refractivity contribution in [3.8, 4) is 11.5 Å². The van der Waals surface area contributed by atoms with Crippen molar-refractivity contribution in [1.29, 1.82) is 0 Å². The van der Waals surface area contributed by atoms with Gasteiger partial charge >= 0.3 is 0 Å². The maximum atomic E-state index is 9.01. The number of pyridine rings is 1. The third-order valence-corrected chi connectivity index (χ3v) is 6.07. The Kier molecular flexibility index (Phi) is 7.45. The van der Waals surface area contributed by atoms with Crippen LogP contribution in [0.15, 0.2) is 48.5 Å². The van der Waals surface area contributed by atoms with Crippen LogP contribution < -0.4 is 19.7 Å². The summed E-state index contributed by atoms with van der Waals surface area (Å²) < 4.78 is 11.0. The molecule has 4 rings (SSSR count). The van der Waals surface area contributed by atoms with Gasteiger partial charge in [-0.25, -0.2) is 4.98 Å². The Balaban J connectivity index is 1.54. The number of methoxy groups -OCH3 is 1. The predicted molar refractivity (Wildman–Crippen MR) is 129 cm³/mol. The summed E-state index contributed by atoms with van der Waals surface area (Å²) in [5, 5.41) is 13.9. The number of ether oxygens (including phenoxy) is 2. The number of anilines is 1. The van der Waals surface area contributed by atoms with Gasteiger partial charge in [0.25, 0.3) is 0 Å². The van der Waals surface area contributed by atoms with E-state index in [1.807, 2.05) is 18.2 Å². The molecule has 0 bridgehead atoms. The highest BCUT2D eigenvalue weighted by Gasteiger charge is 2.18. The number of rotatable bonds is 9. The monoisotopic (exact) mass is 435 g/mol. The molecular formula is C26H33N3O3. The second-order valence-electron chi connectivity index (χ2n) is 8.30. The Morgan fingerprint density at radius 1 is 1.06 bits per heavy atom. The van der Waals surface area contributed by atoms with Crippen molar-refractivity contribution in [3.05, 3.63) is 59.7 Å². The van der Waals surface area contributed by atoms with E-state index in [0.29, 0.717) is 11.5 Å². The van der Waals surface area contributed by atoms with Gasteiger partial charge in [-0.15, -0.1) is 0 Å². The van der Waals surface area contributed by atoms with E-state index in [1.54, 1.807) is 7.11 Å². The molecule has 1 unspecified atom stereocenters. The molecule has 6 heteroatoms. The quantitative estimate of drug-likeness (QED) is 0.517. The number of piperidine rings is 1. The second-order valence-corrected chi connectivity index (χ2v) is 8.30. The van der Waals surface area contributed by atoms with Crippen molar-refractivity contribution in [1.82, 2.24) is 10.3 Å². The number of aromatic nitrogens is 1. The molecule has 2 heterocycles. The minimum Gasteiger partial charge on any atom is -0.493 e. The van der Waals surface area contributed by atoms with Gasteiger partial charge in [0.15, 0.2) is 11.5 Å². The molecule has 0 amide bonds. The number of hydrogen-bond acceptors (Lipinski definition) is 6. The van der Waals surface area contributed by atoms with Crippen LogP contribution in [0.25, 0.3) is 10.9 Å². The maximum Gasteiger partial charge on any atom is 0.161 e. The zero-order chi connectivity index (χ0) is 22.3. The van der Waals surface area contributed by atoms with E-state index in [0.717, 1.165) is 36.5 Å². The van der Waals surface area contributed by atoms with E-state index in [2.05, 4.69) is 47.5 Å². The standard InChI is InChI=1S/C26H33N3O3/c1-19(20-10-11-24(32-15-14-30)25(17-20)31-2)27-18-22-16-21-8-4-5-9-23(21)28-26(22)29-12-6-3-7-13-29/h4-5,8-11,16-17,19,27,30H,3,6-7,12-15,18H2,1-2H3. The molecule has 0 spiro atoms. The van der Waals surface area contributed by atoms with Crippen molar-refractivity contribution in [3.63, 3.8) is 0 Å². The molecule has 1 saturated heterocycles. The van der Waals surface area contributed by atoms with Gasteiger partial charge in [-0.2, -0.15) is 0 Å². The fraction of sp³-hybridized carbons (Fsp3) is 0.423. The summed E-state index contributed by atoms with van der Waals surface area (Å²) in [7, 11) is 1.63. The Labute approximate surface area is 190 Å². The van der Waals surface area contributed by atoms with Gasteiger partial charge in [-0.05, 0) is 56.0 Å². The summed E-state index contributed by atoms with van der Waals surface area (Å²) in [5.74, 6) is 2.42. The van der Waals surface area contributed by atoms with E-state index in [4.69, 9.17) is 19.6 Å². The van der Waals surface area contributed by atoms with Crippen LogP contribution in [0.2, 0.25) is 0 Å². The van der Waals surface area contributed by atoms with E-state index in [-0.39, 0.29) is 19.3 Å². The van der Waals surface area contributed by atoms with Crippen LogP contribution in [-0.4, -0.2) is 43.5 Å². The highest BCUT2D eigenvalue weighted by atomic mass is 16.5. The lowest BCUT2D eigenvalue weighted by Gasteiger charge is -2.30. The van der Waals surface area contributed by atoms with E-state index in [1.165, 1.54) is 30.2 Å². The molecule has 1 aromatic heterocycles. The van der Waals surface area contributed by atoms with E-state index >= 15 is 0 Å². The Bertz CT molecular complexity index is 1030. The summed E-state index contributed by atoms with van der Waals surface area (Å²) in [6.07, 6.45) is 3.75. The van der Waals surface area contributed by atoms with Crippen LogP contribution in [0.3, 0.4) is 0 Å². The van der Waals surface area contributed by atoms with Gasteiger partial charge in [-0.1, -0.05) is 24.3 Å². The molecule has 1 fully saturated rings. The number of nitrogens with one attached hydrogen (secondary N) is 1. The molecule has 2 aromatic carbocycles. The molecule has 32 heavy (non-hydrogen) atoms. The van der Waals surface area contributed by atoms with Crippen molar-refractivity contribution in [2.75, 3.05) is 38.3 Å². The third kappa shape index (κ3) is 5.14. The fourth-order valence-electron chi connectivity index (χ4n) is 4.27. The van der Waals surface area contributed by atoms with Gasteiger partial charge < -0.3 is 24.8 Å². The first-order valence-corrected chi connectivity index (χ1v) is 11.5. The number of aliphatic hydroxyl groups excluding tert-OH is 1. The molecule has 2 N–H and O–H groups in total. The predicted octanol–water partition coefficient (Wildman–Crippen LogP) is 4.46. The lowest BCUT2D eigenvalue weighted by Crippen LogP contribution is -2.32. The van der Waals surface area contributed by atoms with Gasteiger partial charge in [0.1, 0.15) is 12.4 Å². The number of fused-ring (bicyclic) bond motifs is 1. The average molecular weight is 436 g/mol. The third-order valence-electron chi connectivity index (χ3n) is 6.07. The maximum absolute atomic E-state index is 9.01. The second kappa shape index (κ2) is 10.7. The number of benzene rings is 2. The van der Waals surface area contributed by atoms with Gasteiger partial charge in [-0.3, -0.25) is 0 Å². The van der Waals surface area contributed by atoms with Crippen molar-refractivity contribution in [2.45, 2.75) is 38.8 Å². The SMILES string of the molecule is COc1cc(C(C)NCc2cc3ccccc3nc2N2CCCCC2)ccc1OCCO. The highest BCUT2D eigenvalue weighted by molar-refractivity contribution is 5.81. The van der Waals surface area contributed by atoms with Crippen molar-refractivity contribution >= 4 is 16.7 Å². The van der Waals surface area contributed by atoms with Crippen molar-refractivity contribution < 1.29 is 14.6 Å². The first kappa shape index (κ1) is 22.4. The molecule has 1 atom stereocenters. The summed E-state index contributed by atoms with van der Waals surface area (Å²) in [6, 6.07) is 16.7. The molecule has 0 aliphatic carbocycles. The normalized spacial score (nSPS) is 15.0. The van der Waals surface area contributed by atoms with Crippen LogP contribution in [-0.2, 0) is 6.54 Å². The van der Waals surface area contributed by atoms with E-state index < -0.39 is 0 Å². The van der Waals surface area contributed by atoms with Gasteiger partial charge in [0.05, 0.1) is 19.2 Å². The highest BCUT2D eigenvalue weighted by Crippen LogP contribution is 2.31. The summed E-state index contributed by atoms with van der Waals surface area (Å²) >= 11 is 0. The Morgan fingerprint density at radius 2 is 1.88 bits per heavy atom. The van der Waals surface area contributed by atoms with Gasteiger partial charge in [0.2, 0.25) is 0 Å². The summed E-state index contributed by atoms with van der Waals surface area (Å²) in [6.45, 7) is 5.24. The number of nitrogens with zero attached hydrogens (tertiary/aromatic N) is 2. The van der Waals surface area contributed by atoms with Crippen LogP contribution in [0.1, 0.15) is 43.4 Å². The Hall–Kier alpha value is -2.83. The van der Waals surface area contributed by atoms with Crippen molar-refractivity contribution in [2.24, 2.45) is 0 Å². The first-order chi connectivity index (χ1) is 15.7. The molecule has 1 aliphatic rings. The first-order valence-electron chi connectivity index (χ1n) is 11.5.